The molecule has 1 aromatic carbocycles. The lowest BCUT2D eigenvalue weighted by Crippen LogP contribution is -2.48. The Morgan fingerprint density at radius 2 is 2.00 bits per heavy atom. The van der Waals surface area contributed by atoms with Crippen LogP contribution in [0.15, 0.2) is 42.6 Å². The zero-order valence-corrected chi connectivity index (χ0v) is 17.0. The van der Waals surface area contributed by atoms with Crippen molar-refractivity contribution in [2.45, 2.75) is 25.6 Å². The molecule has 1 aliphatic rings. The monoisotopic (exact) mass is 427 g/mol. The molecular weight excluding hydrogens is 408 g/mol. The van der Waals surface area contributed by atoms with Gasteiger partial charge in [0.05, 0.1) is 12.6 Å². The van der Waals surface area contributed by atoms with Gasteiger partial charge in [-0.15, -0.1) is 5.10 Å². The molecule has 2 unspecified atom stereocenters. The number of alkyl halides is 1. The number of hydrogen-bond acceptors (Lipinski definition) is 7. The van der Waals surface area contributed by atoms with E-state index in [-0.39, 0.29) is 18.4 Å². The zero-order valence-electron chi connectivity index (χ0n) is 16.2. The molecule has 1 fully saturated rings. The van der Waals surface area contributed by atoms with Crippen LogP contribution in [-0.4, -0.2) is 49.3 Å². The summed E-state index contributed by atoms with van der Waals surface area (Å²) in [6.07, 6.45) is 1.29. The molecular formula is C20H19F2N7S. The molecule has 1 N–H and O–H groups in total. The largest absolute Gasteiger partial charge is 0.347 e. The van der Waals surface area contributed by atoms with Gasteiger partial charge in [-0.1, -0.05) is 12.1 Å². The van der Waals surface area contributed by atoms with Gasteiger partial charge in [0.15, 0.2) is 5.65 Å². The summed E-state index contributed by atoms with van der Waals surface area (Å²) in [6, 6.07) is 9.60. The van der Waals surface area contributed by atoms with Crippen LogP contribution in [0.5, 0.6) is 0 Å². The first-order valence-electron chi connectivity index (χ1n) is 9.64. The summed E-state index contributed by atoms with van der Waals surface area (Å²) in [4.78, 5) is 10.8. The van der Waals surface area contributed by atoms with Crippen LogP contribution in [0, 0.1) is 12.7 Å². The SMILES string of the molecule is Cc1nsc(N2CCC(Nc3nc4c(-c5ccc(F)cc5)cccn4n3)C(F)C2)n1. The number of aryl methyl sites for hydroxylation is 1. The number of fused-ring (bicyclic) bond motifs is 1. The van der Waals surface area contributed by atoms with Crippen LogP contribution in [0.4, 0.5) is 19.9 Å². The maximum absolute atomic E-state index is 14.9. The molecule has 0 radical (unpaired) electrons. The minimum Gasteiger partial charge on any atom is -0.347 e. The van der Waals surface area contributed by atoms with Crippen LogP contribution >= 0.6 is 11.5 Å². The number of piperidine rings is 1. The summed E-state index contributed by atoms with van der Waals surface area (Å²) in [6.45, 7) is 2.76. The third-order valence-electron chi connectivity index (χ3n) is 5.16. The van der Waals surface area contributed by atoms with Crippen molar-refractivity contribution in [2.75, 3.05) is 23.3 Å². The first-order valence-corrected chi connectivity index (χ1v) is 10.4. The Hall–Kier alpha value is -3.14. The highest BCUT2D eigenvalue weighted by Crippen LogP contribution is 2.27. The standard InChI is InChI=1S/C20H19F2N7S/c1-12-23-20(30-27-12)28-10-8-17(16(22)11-28)24-19-25-18-15(3-2-9-29(18)26-19)13-4-6-14(21)7-5-13/h2-7,9,16-17H,8,10-11H2,1H3,(H,24,26). The first-order chi connectivity index (χ1) is 14.6. The average Bonchev–Trinajstić information content (AvgIpc) is 3.36. The van der Waals surface area contributed by atoms with E-state index < -0.39 is 6.17 Å². The fraction of sp³-hybridized carbons (Fsp3) is 0.300. The van der Waals surface area contributed by atoms with Gasteiger partial charge in [-0.05, 0) is 43.2 Å². The van der Waals surface area contributed by atoms with Crippen LogP contribution in [0.25, 0.3) is 16.8 Å². The van der Waals surface area contributed by atoms with Gasteiger partial charge in [0, 0.05) is 29.8 Å². The number of nitrogens with zero attached hydrogens (tertiary/aromatic N) is 6. The quantitative estimate of drug-likeness (QED) is 0.535. The van der Waals surface area contributed by atoms with Crippen molar-refractivity contribution in [1.29, 1.82) is 0 Å². The number of hydrogen-bond donors (Lipinski definition) is 1. The molecule has 1 aliphatic heterocycles. The molecule has 2 atom stereocenters. The molecule has 0 aliphatic carbocycles. The van der Waals surface area contributed by atoms with Gasteiger partial charge in [-0.3, -0.25) is 0 Å². The van der Waals surface area contributed by atoms with Crippen LogP contribution < -0.4 is 10.2 Å². The highest BCUT2D eigenvalue weighted by Gasteiger charge is 2.31. The highest BCUT2D eigenvalue weighted by molar-refractivity contribution is 7.09. The van der Waals surface area contributed by atoms with Gasteiger partial charge in [-0.2, -0.15) is 9.36 Å². The summed E-state index contributed by atoms with van der Waals surface area (Å²) in [5.74, 6) is 0.785. The summed E-state index contributed by atoms with van der Waals surface area (Å²) in [5, 5.41) is 8.35. The summed E-state index contributed by atoms with van der Waals surface area (Å²) < 4.78 is 34.0. The number of nitrogens with one attached hydrogen (secondary N) is 1. The predicted octanol–water partition coefficient (Wildman–Crippen LogP) is 3.72. The highest BCUT2D eigenvalue weighted by atomic mass is 32.1. The second kappa shape index (κ2) is 7.60. The van der Waals surface area contributed by atoms with E-state index in [0.29, 0.717) is 30.4 Å². The maximum atomic E-state index is 14.9. The molecule has 4 aromatic rings. The van der Waals surface area contributed by atoms with Gasteiger partial charge in [0.25, 0.3) is 0 Å². The van der Waals surface area contributed by atoms with E-state index in [1.165, 1.54) is 23.7 Å². The number of aromatic nitrogens is 5. The number of anilines is 2. The van der Waals surface area contributed by atoms with Crippen molar-refractivity contribution in [2.24, 2.45) is 0 Å². The van der Waals surface area contributed by atoms with E-state index in [0.717, 1.165) is 16.3 Å². The van der Waals surface area contributed by atoms with E-state index in [2.05, 4.69) is 24.8 Å². The van der Waals surface area contributed by atoms with E-state index in [1.54, 1.807) is 22.8 Å². The zero-order chi connectivity index (χ0) is 20.7. The molecule has 0 saturated carbocycles. The Morgan fingerprint density at radius 3 is 2.73 bits per heavy atom. The van der Waals surface area contributed by atoms with Crippen LogP contribution in [0.1, 0.15) is 12.2 Å². The van der Waals surface area contributed by atoms with Gasteiger partial charge < -0.3 is 10.2 Å². The topological polar surface area (TPSA) is 71.2 Å². The molecule has 5 rings (SSSR count). The van der Waals surface area contributed by atoms with Gasteiger partial charge >= 0.3 is 0 Å². The Balaban J connectivity index is 1.35. The molecule has 0 spiro atoms. The fourth-order valence-corrected chi connectivity index (χ4v) is 4.35. The number of benzene rings is 1. The second-order valence-corrected chi connectivity index (χ2v) is 7.99. The number of rotatable bonds is 4. The van der Waals surface area contributed by atoms with Gasteiger partial charge in [0.2, 0.25) is 11.1 Å². The van der Waals surface area contributed by atoms with Gasteiger partial charge in [0.1, 0.15) is 17.8 Å². The van der Waals surface area contributed by atoms with Crippen LogP contribution in [-0.2, 0) is 0 Å². The minimum atomic E-state index is -1.09. The summed E-state index contributed by atoms with van der Waals surface area (Å²) >= 11 is 1.29. The normalized spacial score (nSPS) is 19.4. The molecule has 4 heterocycles. The Bertz CT molecular complexity index is 1170. The molecule has 0 bridgehead atoms. The third kappa shape index (κ3) is 3.58. The van der Waals surface area contributed by atoms with Crippen molar-refractivity contribution in [3.63, 3.8) is 0 Å². The Kier molecular flexibility index (Phi) is 4.78. The summed E-state index contributed by atoms with van der Waals surface area (Å²) in [7, 11) is 0. The molecule has 0 amide bonds. The predicted molar refractivity (Wildman–Crippen MR) is 112 cm³/mol. The van der Waals surface area contributed by atoms with Crippen molar-refractivity contribution >= 4 is 28.3 Å². The maximum Gasteiger partial charge on any atom is 0.243 e. The average molecular weight is 427 g/mol. The lowest BCUT2D eigenvalue weighted by atomic mass is 10.0. The van der Waals surface area contributed by atoms with E-state index in [4.69, 9.17) is 0 Å². The number of pyridine rings is 1. The van der Waals surface area contributed by atoms with Crippen molar-refractivity contribution in [3.8, 4) is 11.1 Å². The van der Waals surface area contributed by atoms with Crippen molar-refractivity contribution < 1.29 is 8.78 Å². The lowest BCUT2D eigenvalue weighted by molar-refractivity contribution is 0.263. The first kappa shape index (κ1) is 18.9. The Morgan fingerprint density at radius 1 is 1.17 bits per heavy atom. The van der Waals surface area contributed by atoms with Crippen LogP contribution in [0.2, 0.25) is 0 Å². The molecule has 30 heavy (non-hydrogen) atoms. The van der Waals surface area contributed by atoms with Gasteiger partial charge in [-0.25, -0.2) is 18.3 Å². The smallest absolute Gasteiger partial charge is 0.243 e. The van der Waals surface area contributed by atoms with E-state index in [1.807, 2.05) is 24.0 Å². The van der Waals surface area contributed by atoms with Crippen molar-refractivity contribution in [3.05, 3.63) is 54.2 Å². The summed E-state index contributed by atoms with van der Waals surface area (Å²) in [5.41, 5.74) is 2.30. The molecule has 7 nitrogen and oxygen atoms in total. The van der Waals surface area contributed by atoms with Crippen LogP contribution in [0.3, 0.4) is 0 Å². The minimum absolute atomic E-state index is 0.250. The number of halogens is 2. The lowest BCUT2D eigenvalue weighted by Gasteiger charge is -2.34. The molecule has 3 aromatic heterocycles. The van der Waals surface area contributed by atoms with E-state index in [9.17, 15) is 8.78 Å². The van der Waals surface area contributed by atoms with E-state index >= 15 is 0 Å². The molecule has 10 heteroatoms. The fourth-order valence-electron chi connectivity index (χ4n) is 3.64. The Labute approximate surface area is 175 Å². The third-order valence-corrected chi connectivity index (χ3v) is 6.03. The molecule has 1 saturated heterocycles. The molecule has 154 valence electrons. The second-order valence-electron chi connectivity index (χ2n) is 7.26. The van der Waals surface area contributed by atoms with Crippen molar-refractivity contribution in [1.82, 2.24) is 24.0 Å².